The third-order valence-corrected chi connectivity index (χ3v) is 6.77. The summed E-state index contributed by atoms with van der Waals surface area (Å²) in [5.41, 5.74) is 1.65. The second-order valence-corrected chi connectivity index (χ2v) is 9.48. The lowest BCUT2D eigenvalue weighted by Crippen LogP contribution is -2.39. The van der Waals surface area contributed by atoms with E-state index < -0.39 is 18.0 Å². The van der Waals surface area contributed by atoms with Crippen LogP contribution in [-0.2, 0) is 14.3 Å². The average Bonchev–Trinajstić information content (AvgIpc) is 3.09. The van der Waals surface area contributed by atoms with E-state index in [9.17, 15) is 14.4 Å². The van der Waals surface area contributed by atoms with Gasteiger partial charge in [-0.15, -0.1) is 0 Å². The molecule has 3 aromatic rings. The standard InChI is InChI=1S/C25H20Cl2N2O5S/c1-4-33-24(32)21-13(2)28-25-29(22(21)15-6-9-18(10-7-15)34-14(3)30)23(31)20(35-25)11-16-5-8-17(26)12-19(16)27/h5-12,22H,4H2,1-3H3/b20-11-/t22-/m1/s1. The number of benzene rings is 2. The third-order valence-electron chi connectivity index (χ3n) is 5.22. The third kappa shape index (κ3) is 5.10. The first-order valence-corrected chi connectivity index (χ1v) is 12.2. The number of aromatic nitrogens is 1. The number of hydrogen-bond donors (Lipinski definition) is 0. The fourth-order valence-electron chi connectivity index (χ4n) is 3.75. The van der Waals surface area contributed by atoms with Gasteiger partial charge in [0, 0.05) is 17.0 Å². The van der Waals surface area contributed by atoms with E-state index in [0.717, 1.165) is 0 Å². The van der Waals surface area contributed by atoms with E-state index in [2.05, 4.69) is 4.99 Å². The van der Waals surface area contributed by atoms with Gasteiger partial charge in [0.2, 0.25) is 0 Å². The highest BCUT2D eigenvalue weighted by Crippen LogP contribution is 2.31. The molecule has 0 aliphatic carbocycles. The molecule has 4 rings (SSSR count). The lowest BCUT2D eigenvalue weighted by Gasteiger charge is -2.24. The van der Waals surface area contributed by atoms with E-state index >= 15 is 0 Å². The zero-order valence-electron chi connectivity index (χ0n) is 19.0. The Kier molecular flexibility index (Phi) is 7.25. The van der Waals surface area contributed by atoms with Gasteiger partial charge in [0.15, 0.2) is 4.80 Å². The number of esters is 2. The van der Waals surface area contributed by atoms with Crippen LogP contribution >= 0.6 is 34.5 Å². The molecule has 0 saturated heterocycles. The first-order valence-electron chi connectivity index (χ1n) is 10.6. The summed E-state index contributed by atoms with van der Waals surface area (Å²) in [4.78, 5) is 42.8. The van der Waals surface area contributed by atoms with Gasteiger partial charge in [-0.05, 0) is 55.3 Å². The Morgan fingerprint density at radius 1 is 1.17 bits per heavy atom. The minimum atomic E-state index is -0.778. The second kappa shape index (κ2) is 10.2. The van der Waals surface area contributed by atoms with Gasteiger partial charge >= 0.3 is 11.9 Å². The minimum Gasteiger partial charge on any atom is -0.463 e. The summed E-state index contributed by atoms with van der Waals surface area (Å²) in [6, 6.07) is 10.9. The van der Waals surface area contributed by atoms with E-state index in [-0.39, 0.29) is 17.7 Å². The molecule has 0 fully saturated rings. The summed E-state index contributed by atoms with van der Waals surface area (Å²) < 4.78 is 12.3. The van der Waals surface area contributed by atoms with Crippen molar-refractivity contribution in [3.05, 3.63) is 94.6 Å². The van der Waals surface area contributed by atoms with Crippen molar-refractivity contribution in [3.63, 3.8) is 0 Å². The van der Waals surface area contributed by atoms with Crippen molar-refractivity contribution in [2.45, 2.75) is 26.8 Å². The number of allylic oxidation sites excluding steroid dienone is 1. The lowest BCUT2D eigenvalue weighted by atomic mass is 9.96. The quantitative estimate of drug-likeness (QED) is 0.367. The summed E-state index contributed by atoms with van der Waals surface area (Å²) in [6.45, 7) is 4.90. The molecular weight excluding hydrogens is 511 g/mol. The molecule has 1 atom stereocenters. The number of rotatable bonds is 5. The van der Waals surface area contributed by atoms with Gasteiger partial charge in [-0.2, -0.15) is 0 Å². The van der Waals surface area contributed by atoms with E-state index in [1.54, 1.807) is 62.4 Å². The van der Waals surface area contributed by atoms with Crippen molar-refractivity contribution < 1.29 is 19.1 Å². The molecule has 35 heavy (non-hydrogen) atoms. The minimum absolute atomic E-state index is 0.174. The van der Waals surface area contributed by atoms with Crippen LogP contribution in [0.3, 0.4) is 0 Å². The maximum absolute atomic E-state index is 13.6. The Morgan fingerprint density at radius 2 is 1.89 bits per heavy atom. The number of ether oxygens (including phenoxy) is 2. The molecule has 2 heterocycles. The normalized spacial score (nSPS) is 15.5. The van der Waals surface area contributed by atoms with Gasteiger partial charge in [-0.1, -0.05) is 52.7 Å². The monoisotopic (exact) mass is 530 g/mol. The number of nitrogens with zero attached hydrogens (tertiary/aromatic N) is 2. The first-order chi connectivity index (χ1) is 16.7. The van der Waals surface area contributed by atoms with Crippen molar-refractivity contribution in [1.29, 1.82) is 0 Å². The Balaban J connectivity index is 1.91. The molecule has 0 spiro atoms. The molecule has 0 amide bonds. The molecule has 0 bridgehead atoms. The highest BCUT2D eigenvalue weighted by molar-refractivity contribution is 7.07. The summed E-state index contributed by atoms with van der Waals surface area (Å²) >= 11 is 13.5. The van der Waals surface area contributed by atoms with Gasteiger partial charge in [-0.3, -0.25) is 14.2 Å². The fourth-order valence-corrected chi connectivity index (χ4v) is 5.25. The summed E-state index contributed by atoms with van der Waals surface area (Å²) in [5, 5.41) is 0.893. The smallest absolute Gasteiger partial charge is 0.338 e. The Morgan fingerprint density at radius 3 is 2.51 bits per heavy atom. The number of thiazole rings is 1. The van der Waals surface area contributed by atoms with Crippen LogP contribution in [0.25, 0.3) is 6.08 Å². The molecule has 1 aromatic heterocycles. The number of fused-ring (bicyclic) bond motifs is 1. The summed E-state index contributed by atoms with van der Waals surface area (Å²) in [5.74, 6) is -0.656. The first kappa shape index (κ1) is 24.9. The number of carbonyl (C=O) groups is 2. The van der Waals surface area contributed by atoms with Crippen LogP contribution in [0.5, 0.6) is 5.75 Å². The maximum atomic E-state index is 13.6. The number of hydrogen-bond acceptors (Lipinski definition) is 7. The zero-order valence-corrected chi connectivity index (χ0v) is 21.3. The van der Waals surface area contributed by atoms with Gasteiger partial charge in [0.1, 0.15) is 5.75 Å². The van der Waals surface area contributed by atoms with Crippen LogP contribution in [0.4, 0.5) is 0 Å². The average molecular weight is 531 g/mol. The zero-order chi connectivity index (χ0) is 25.3. The SMILES string of the molecule is CCOC(=O)C1=C(C)N=c2s/c(=C\c3ccc(Cl)cc3Cl)c(=O)n2[C@@H]1c1ccc(OC(C)=O)cc1. The van der Waals surface area contributed by atoms with E-state index in [1.165, 1.54) is 22.8 Å². The Bertz CT molecular complexity index is 1540. The molecule has 10 heteroatoms. The van der Waals surface area contributed by atoms with E-state index in [4.69, 9.17) is 32.7 Å². The van der Waals surface area contributed by atoms with Crippen molar-refractivity contribution in [2.75, 3.05) is 6.61 Å². The lowest BCUT2D eigenvalue weighted by molar-refractivity contribution is -0.139. The van der Waals surface area contributed by atoms with Crippen molar-refractivity contribution in [3.8, 4) is 5.75 Å². The van der Waals surface area contributed by atoms with E-state index in [1.807, 2.05) is 0 Å². The highest BCUT2D eigenvalue weighted by atomic mass is 35.5. The van der Waals surface area contributed by atoms with Crippen LogP contribution < -0.4 is 19.6 Å². The summed E-state index contributed by atoms with van der Waals surface area (Å²) in [7, 11) is 0. The Hall–Kier alpha value is -3.20. The van der Waals surface area contributed by atoms with Crippen molar-refractivity contribution in [2.24, 2.45) is 4.99 Å². The van der Waals surface area contributed by atoms with Crippen LogP contribution in [0.2, 0.25) is 10.0 Å². The van der Waals surface area contributed by atoms with Gasteiger partial charge in [0.25, 0.3) is 5.56 Å². The van der Waals surface area contributed by atoms with Crippen LogP contribution in [0.15, 0.2) is 63.5 Å². The molecular formula is C25H20Cl2N2O5S. The fraction of sp³-hybridized carbons (Fsp3) is 0.200. The molecule has 2 aromatic carbocycles. The molecule has 0 radical (unpaired) electrons. The molecule has 7 nitrogen and oxygen atoms in total. The van der Waals surface area contributed by atoms with Crippen molar-refractivity contribution in [1.82, 2.24) is 4.57 Å². The molecule has 180 valence electrons. The number of carbonyl (C=O) groups excluding carboxylic acids is 2. The van der Waals surface area contributed by atoms with Gasteiger partial charge in [-0.25, -0.2) is 9.79 Å². The molecule has 1 aliphatic rings. The topological polar surface area (TPSA) is 87.0 Å². The molecule has 0 unspecified atom stereocenters. The van der Waals surface area contributed by atoms with Crippen LogP contribution in [-0.4, -0.2) is 23.1 Å². The largest absolute Gasteiger partial charge is 0.463 e. The molecule has 0 N–H and O–H groups in total. The summed E-state index contributed by atoms with van der Waals surface area (Å²) in [6.07, 6.45) is 1.67. The van der Waals surface area contributed by atoms with Crippen molar-refractivity contribution >= 4 is 52.6 Å². The number of halogens is 2. The molecule has 1 aliphatic heterocycles. The predicted octanol–water partition coefficient (Wildman–Crippen LogP) is 4.03. The van der Waals surface area contributed by atoms with Gasteiger partial charge in [0.05, 0.1) is 28.5 Å². The second-order valence-electron chi connectivity index (χ2n) is 7.63. The Labute approximate surface area is 214 Å². The highest BCUT2D eigenvalue weighted by Gasteiger charge is 2.33. The van der Waals surface area contributed by atoms with Crippen LogP contribution in [0.1, 0.15) is 37.9 Å². The predicted molar refractivity (Wildman–Crippen MR) is 135 cm³/mol. The maximum Gasteiger partial charge on any atom is 0.338 e. The van der Waals surface area contributed by atoms with E-state index in [0.29, 0.717) is 42.0 Å². The molecule has 0 saturated carbocycles. The van der Waals surface area contributed by atoms with Crippen LogP contribution in [0, 0.1) is 0 Å². The van der Waals surface area contributed by atoms with Gasteiger partial charge < -0.3 is 9.47 Å².